The van der Waals surface area contributed by atoms with E-state index in [1.54, 1.807) is 20.8 Å². The van der Waals surface area contributed by atoms with Crippen LogP contribution >= 0.6 is 0 Å². The van der Waals surface area contributed by atoms with Gasteiger partial charge in [-0.05, 0) is 33.8 Å². The molecule has 170 valence electrons. The van der Waals surface area contributed by atoms with Crippen molar-refractivity contribution in [1.82, 2.24) is 4.57 Å². The lowest BCUT2D eigenvalue weighted by Crippen LogP contribution is -2.54. The summed E-state index contributed by atoms with van der Waals surface area (Å²) >= 11 is 0. The van der Waals surface area contributed by atoms with Crippen molar-refractivity contribution in [2.45, 2.75) is 44.9 Å². The molecule has 0 amide bonds. The Morgan fingerprint density at radius 3 is 2.41 bits per heavy atom. The monoisotopic (exact) mass is 451 g/mol. The average Bonchev–Trinajstić information content (AvgIpc) is 2.98. The normalized spacial score (nSPS) is 18.6. The van der Waals surface area contributed by atoms with E-state index in [1.165, 1.54) is 37.3 Å². The summed E-state index contributed by atoms with van der Waals surface area (Å²) < 4.78 is 60.5. The van der Waals surface area contributed by atoms with Crippen LogP contribution in [0.25, 0.3) is 10.9 Å². The average molecular weight is 451 g/mol. The molecule has 0 aliphatic carbocycles. The maximum Gasteiger partial charge on any atom is 0.421 e. The molecule has 32 heavy (non-hydrogen) atoms. The van der Waals surface area contributed by atoms with Crippen molar-refractivity contribution in [2.75, 3.05) is 6.61 Å². The fourth-order valence-corrected chi connectivity index (χ4v) is 3.61. The molecule has 2 aromatic rings. The molecule has 2 N–H and O–H groups in total. The SMILES string of the molecule is CCOC(=O)C1(C(F)(F)F)C(C#N)=C(N)Oc2c1c1ccccc1n2C(=O)OC(C)(C)C. The topological polar surface area (TPSA) is 117 Å². The van der Waals surface area contributed by atoms with E-state index >= 15 is 0 Å². The van der Waals surface area contributed by atoms with Crippen molar-refractivity contribution in [3.05, 3.63) is 41.3 Å². The minimum Gasteiger partial charge on any atom is -0.465 e. The van der Waals surface area contributed by atoms with E-state index in [-0.39, 0.29) is 10.9 Å². The number of nitrogens with zero attached hydrogens (tertiary/aromatic N) is 2. The fraction of sp³-hybridized carbons (Fsp3) is 0.381. The molecule has 0 saturated heterocycles. The number of carbonyl (C=O) groups excluding carboxylic acids is 2. The summed E-state index contributed by atoms with van der Waals surface area (Å²) in [5.41, 5.74) is -0.890. The minimum absolute atomic E-state index is 0.0309. The Hall–Kier alpha value is -3.68. The predicted octanol–water partition coefficient (Wildman–Crippen LogP) is 3.87. The molecule has 0 fully saturated rings. The second kappa shape index (κ2) is 7.47. The van der Waals surface area contributed by atoms with Gasteiger partial charge in [0.2, 0.25) is 17.2 Å². The van der Waals surface area contributed by atoms with Crippen LogP contribution in [0.15, 0.2) is 35.7 Å². The highest BCUT2D eigenvalue weighted by Crippen LogP contribution is 2.56. The second-order valence-corrected chi connectivity index (χ2v) is 7.93. The van der Waals surface area contributed by atoms with Gasteiger partial charge >= 0.3 is 18.2 Å². The van der Waals surface area contributed by atoms with E-state index in [2.05, 4.69) is 0 Å². The number of aromatic nitrogens is 1. The quantitative estimate of drug-likeness (QED) is 0.689. The molecule has 1 aliphatic rings. The zero-order valence-corrected chi connectivity index (χ0v) is 17.7. The summed E-state index contributed by atoms with van der Waals surface area (Å²) in [6, 6.07) is 6.89. The molecule has 11 heteroatoms. The summed E-state index contributed by atoms with van der Waals surface area (Å²) in [4.78, 5) is 25.9. The van der Waals surface area contributed by atoms with Crippen molar-refractivity contribution >= 4 is 23.0 Å². The van der Waals surface area contributed by atoms with E-state index in [0.717, 1.165) is 4.57 Å². The Labute approximate surface area is 180 Å². The third kappa shape index (κ3) is 3.23. The van der Waals surface area contributed by atoms with Crippen LogP contribution in [0.1, 0.15) is 33.3 Å². The third-order valence-corrected chi connectivity index (χ3v) is 4.73. The number of ether oxygens (including phenoxy) is 3. The number of esters is 1. The van der Waals surface area contributed by atoms with E-state index in [0.29, 0.717) is 0 Å². The predicted molar refractivity (Wildman–Crippen MR) is 105 cm³/mol. The van der Waals surface area contributed by atoms with Gasteiger partial charge in [0, 0.05) is 5.39 Å². The number of benzene rings is 1. The van der Waals surface area contributed by atoms with Crippen LogP contribution < -0.4 is 10.5 Å². The van der Waals surface area contributed by atoms with Gasteiger partial charge < -0.3 is 19.9 Å². The van der Waals surface area contributed by atoms with Crippen LogP contribution in [0.2, 0.25) is 0 Å². The number of fused-ring (bicyclic) bond motifs is 3. The summed E-state index contributed by atoms with van der Waals surface area (Å²) in [7, 11) is 0. The van der Waals surface area contributed by atoms with Crippen molar-refractivity contribution in [3.63, 3.8) is 0 Å². The Bertz CT molecular complexity index is 1180. The molecule has 1 aromatic carbocycles. The number of rotatable bonds is 2. The van der Waals surface area contributed by atoms with Gasteiger partial charge in [-0.3, -0.25) is 4.79 Å². The van der Waals surface area contributed by atoms with Gasteiger partial charge in [0.25, 0.3) is 0 Å². The Morgan fingerprint density at radius 2 is 1.88 bits per heavy atom. The molecular weight excluding hydrogens is 431 g/mol. The molecule has 1 aromatic heterocycles. The molecule has 1 unspecified atom stereocenters. The number of halogens is 3. The molecule has 0 saturated carbocycles. The highest BCUT2D eigenvalue weighted by Gasteiger charge is 2.70. The number of carbonyl (C=O) groups is 2. The Kier molecular flexibility index (Phi) is 5.37. The van der Waals surface area contributed by atoms with Crippen LogP contribution in [0.3, 0.4) is 0 Å². The zero-order valence-electron chi connectivity index (χ0n) is 17.7. The lowest BCUT2D eigenvalue weighted by molar-refractivity contribution is -0.201. The van der Waals surface area contributed by atoms with Crippen LogP contribution in [0.4, 0.5) is 18.0 Å². The zero-order chi connectivity index (χ0) is 24.1. The van der Waals surface area contributed by atoms with Gasteiger partial charge in [0.15, 0.2) is 0 Å². The Morgan fingerprint density at radius 1 is 1.25 bits per heavy atom. The lowest BCUT2D eigenvalue weighted by Gasteiger charge is -2.36. The van der Waals surface area contributed by atoms with Crippen molar-refractivity contribution < 1.29 is 37.0 Å². The van der Waals surface area contributed by atoms with Gasteiger partial charge in [-0.1, -0.05) is 18.2 Å². The first-order valence-corrected chi connectivity index (χ1v) is 9.50. The molecule has 0 radical (unpaired) electrons. The maximum atomic E-state index is 14.7. The highest BCUT2D eigenvalue weighted by atomic mass is 19.4. The number of hydrogen-bond acceptors (Lipinski definition) is 7. The third-order valence-electron chi connectivity index (χ3n) is 4.73. The van der Waals surface area contributed by atoms with Crippen molar-refractivity contribution in [1.29, 1.82) is 5.26 Å². The van der Waals surface area contributed by atoms with Gasteiger partial charge in [-0.2, -0.15) is 18.4 Å². The molecule has 8 nitrogen and oxygen atoms in total. The Balaban J connectivity index is 2.53. The van der Waals surface area contributed by atoms with Gasteiger partial charge in [0.05, 0.1) is 17.7 Å². The van der Waals surface area contributed by atoms with E-state index in [1.807, 2.05) is 0 Å². The molecule has 0 spiro atoms. The first-order valence-electron chi connectivity index (χ1n) is 9.50. The fourth-order valence-electron chi connectivity index (χ4n) is 3.61. The molecule has 1 aliphatic heterocycles. The minimum atomic E-state index is -5.36. The summed E-state index contributed by atoms with van der Waals surface area (Å²) in [5.74, 6) is -3.41. The summed E-state index contributed by atoms with van der Waals surface area (Å²) in [5, 5.41) is 9.42. The van der Waals surface area contributed by atoms with Gasteiger partial charge in [-0.15, -0.1) is 0 Å². The number of hydrogen-bond donors (Lipinski definition) is 1. The van der Waals surface area contributed by atoms with E-state index in [9.17, 15) is 28.0 Å². The van der Waals surface area contributed by atoms with Crippen molar-refractivity contribution in [2.24, 2.45) is 5.73 Å². The molecule has 0 bridgehead atoms. The highest BCUT2D eigenvalue weighted by molar-refractivity contribution is 6.03. The number of alkyl halides is 3. The van der Waals surface area contributed by atoms with E-state index < -0.39 is 58.8 Å². The van der Waals surface area contributed by atoms with Crippen LogP contribution in [0, 0.1) is 11.3 Å². The second-order valence-electron chi connectivity index (χ2n) is 7.93. The van der Waals surface area contributed by atoms with E-state index in [4.69, 9.17) is 19.9 Å². The maximum absolute atomic E-state index is 14.7. The molecule has 1 atom stereocenters. The summed E-state index contributed by atoms with van der Waals surface area (Å²) in [6.45, 7) is 5.65. The smallest absolute Gasteiger partial charge is 0.421 e. The number of para-hydroxylation sites is 1. The lowest BCUT2D eigenvalue weighted by atomic mass is 9.72. The first-order chi connectivity index (χ1) is 14.8. The number of nitrogens with two attached hydrogens (primary N) is 1. The van der Waals surface area contributed by atoms with Gasteiger partial charge in [-0.25, -0.2) is 9.36 Å². The standard InChI is InChI=1S/C21H20F3N3O5/c1-5-30-17(28)20(21(22,23)24)12(10-25)15(26)31-16-14(20)11-8-6-7-9-13(11)27(16)18(29)32-19(2,3)4/h6-9H,5,26H2,1-4H3. The largest absolute Gasteiger partial charge is 0.465 e. The van der Waals surface area contributed by atoms with Crippen molar-refractivity contribution in [3.8, 4) is 11.9 Å². The summed E-state index contributed by atoms with van der Waals surface area (Å²) in [6.07, 6.45) is -6.42. The number of nitriles is 1. The molecule has 3 rings (SSSR count). The van der Waals surface area contributed by atoms with Gasteiger partial charge in [0.1, 0.15) is 17.2 Å². The van der Waals surface area contributed by atoms with Crippen LogP contribution in [-0.2, 0) is 19.7 Å². The molecular formula is C21H20F3N3O5. The van der Waals surface area contributed by atoms with Crippen LogP contribution in [0.5, 0.6) is 5.88 Å². The van der Waals surface area contributed by atoms with Crippen LogP contribution in [-0.4, -0.2) is 35.0 Å². The molecule has 2 heterocycles. The first kappa shape index (κ1) is 23.0.